The lowest BCUT2D eigenvalue weighted by molar-refractivity contribution is 0.0699. The Balaban J connectivity index is 2.18. The maximum Gasteiger partial charge on any atom is 0.336 e. The van der Waals surface area contributed by atoms with Crippen molar-refractivity contribution in [1.82, 2.24) is 0 Å². The van der Waals surface area contributed by atoms with E-state index in [1.807, 2.05) is 30.3 Å². The molecule has 20 heavy (non-hydrogen) atoms. The van der Waals surface area contributed by atoms with Crippen LogP contribution in [0, 0.1) is 5.92 Å². The number of aromatic carboxylic acids is 1. The number of carbonyl (C=O) groups is 1. The molecular formula is C17H19NO2. The third-order valence-electron chi connectivity index (χ3n) is 4.22. The molecule has 0 amide bonds. The van der Waals surface area contributed by atoms with Gasteiger partial charge < -0.3 is 10.0 Å². The van der Waals surface area contributed by atoms with Crippen LogP contribution in [0.4, 0.5) is 5.69 Å². The van der Waals surface area contributed by atoms with Crippen LogP contribution in [0.5, 0.6) is 0 Å². The second-order valence-corrected chi connectivity index (χ2v) is 5.83. The molecule has 1 N–H and O–H groups in total. The van der Waals surface area contributed by atoms with E-state index in [0.29, 0.717) is 17.5 Å². The summed E-state index contributed by atoms with van der Waals surface area (Å²) in [6.45, 7) is 5.55. The minimum absolute atomic E-state index is 0.379. The first-order valence-corrected chi connectivity index (χ1v) is 7.09. The molecule has 0 aromatic heterocycles. The van der Waals surface area contributed by atoms with Gasteiger partial charge in [-0.15, -0.1) is 0 Å². The van der Waals surface area contributed by atoms with Crippen LogP contribution in [0.25, 0.3) is 10.8 Å². The predicted octanol–water partition coefficient (Wildman–Crippen LogP) is 3.77. The third-order valence-corrected chi connectivity index (χ3v) is 4.22. The van der Waals surface area contributed by atoms with Gasteiger partial charge in [-0.05, 0) is 36.8 Å². The zero-order valence-corrected chi connectivity index (χ0v) is 11.8. The number of nitrogens with zero attached hydrogens (tertiary/aromatic N) is 1. The van der Waals surface area contributed by atoms with Gasteiger partial charge in [0, 0.05) is 23.7 Å². The normalized spacial score (nSPS) is 22.4. The van der Waals surface area contributed by atoms with Crippen LogP contribution in [0.15, 0.2) is 36.4 Å². The van der Waals surface area contributed by atoms with Crippen LogP contribution >= 0.6 is 0 Å². The zero-order valence-electron chi connectivity index (χ0n) is 11.8. The van der Waals surface area contributed by atoms with Crippen molar-refractivity contribution in [2.75, 3.05) is 11.4 Å². The van der Waals surface area contributed by atoms with Gasteiger partial charge in [-0.25, -0.2) is 4.79 Å². The SMILES string of the molecule is CC1CC(C)N(c2ccc(C(=O)O)c3ccccc23)C1. The Kier molecular flexibility index (Phi) is 3.13. The topological polar surface area (TPSA) is 40.5 Å². The van der Waals surface area contributed by atoms with E-state index in [2.05, 4.69) is 18.7 Å². The third kappa shape index (κ3) is 2.03. The van der Waals surface area contributed by atoms with Crippen molar-refractivity contribution < 1.29 is 9.90 Å². The average molecular weight is 269 g/mol. The van der Waals surface area contributed by atoms with Gasteiger partial charge in [-0.2, -0.15) is 0 Å². The summed E-state index contributed by atoms with van der Waals surface area (Å²) in [6.07, 6.45) is 1.19. The predicted molar refractivity (Wildman–Crippen MR) is 81.5 cm³/mol. The fraction of sp³-hybridized carbons (Fsp3) is 0.353. The van der Waals surface area contributed by atoms with Crippen LogP contribution < -0.4 is 4.90 Å². The molecule has 0 bridgehead atoms. The highest BCUT2D eigenvalue weighted by molar-refractivity contribution is 6.08. The molecule has 1 fully saturated rings. The number of hydrogen-bond acceptors (Lipinski definition) is 2. The lowest BCUT2D eigenvalue weighted by atomic mass is 10.0. The van der Waals surface area contributed by atoms with E-state index in [4.69, 9.17) is 0 Å². The molecule has 1 aliphatic heterocycles. The second kappa shape index (κ2) is 4.82. The number of carboxylic acids is 1. The van der Waals surface area contributed by atoms with E-state index >= 15 is 0 Å². The molecule has 1 heterocycles. The Hall–Kier alpha value is -2.03. The number of hydrogen-bond donors (Lipinski definition) is 1. The molecule has 0 spiro atoms. The maximum atomic E-state index is 11.4. The van der Waals surface area contributed by atoms with Crippen molar-refractivity contribution in [3.05, 3.63) is 42.0 Å². The van der Waals surface area contributed by atoms with E-state index in [1.54, 1.807) is 6.07 Å². The van der Waals surface area contributed by atoms with Gasteiger partial charge in [0.05, 0.1) is 5.56 Å². The molecule has 0 saturated carbocycles. The smallest absolute Gasteiger partial charge is 0.336 e. The van der Waals surface area contributed by atoms with Crippen LogP contribution in [0.2, 0.25) is 0 Å². The number of rotatable bonds is 2. The summed E-state index contributed by atoms with van der Waals surface area (Å²) < 4.78 is 0. The second-order valence-electron chi connectivity index (χ2n) is 5.83. The van der Waals surface area contributed by atoms with E-state index in [0.717, 1.165) is 23.0 Å². The van der Waals surface area contributed by atoms with Gasteiger partial charge in [-0.1, -0.05) is 31.2 Å². The van der Waals surface area contributed by atoms with Crippen molar-refractivity contribution in [3.8, 4) is 0 Å². The summed E-state index contributed by atoms with van der Waals surface area (Å²) in [5.41, 5.74) is 1.53. The minimum Gasteiger partial charge on any atom is -0.478 e. The molecule has 3 rings (SSSR count). The molecular weight excluding hydrogens is 250 g/mol. The van der Waals surface area contributed by atoms with E-state index in [9.17, 15) is 9.90 Å². The summed E-state index contributed by atoms with van der Waals surface area (Å²) >= 11 is 0. The Morgan fingerprint density at radius 1 is 1.15 bits per heavy atom. The first kappa shape index (κ1) is 13.0. The summed E-state index contributed by atoms with van der Waals surface area (Å²) in [5, 5.41) is 11.2. The van der Waals surface area contributed by atoms with Crippen molar-refractivity contribution in [3.63, 3.8) is 0 Å². The summed E-state index contributed by atoms with van der Waals surface area (Å²) in [7, 11) is 0. The first-order valence-electron chi connectivity index (χ1n) is 7.09. The Morgan fingerprint density at radius 3 is 2.45 bits per heavy atom. The van der Waals surface area contributed by atoms with Crippen molar-refractivity contribution in [1.29, 1.82) is 0 Å². The molecule has 3 nitrogen and oxygen atoms in total. The molecule has 3 heteroatoms. The van der Waals surface area contributed by atoms with Gasteiger partial charge >= 0.3 is 5.97 Å². The number of fused-ring (bicyclic) bond motifs is 1. The highest BCUT2D eigenvalue weighted by Crippen LogP contribution is 2.35. The van der Waals surface area contributed by atoms with Crippen LogP contribution in [-0.2, 0) is 0 Å². The monoisotopic (exact) mass is 269 g/mol. The van der Waals surface area contributed by atoms with E-state index in [1.165, 1.54) is 6.42 Å². The van der Waals surface area contributed by atoms with E-state index in [-0.39, 0.29) is 0 Å². The van der Waals surface area contributed by atoms with Crippen molar-refractivity contribution in [2.45, 2.75) is 26.3 Å². The van der Waals surface area contributed by atoms with Crippen LogP contribution in [-0.4, -0.2) is 23.7 Å². The average Bonchev–Trinajstić information content (AvgIpc) is 2.76. The van der Waals surface area contributed by atoms with Crippen molar-refractivity contribution in [2.24, 2.45) is 5.92 Å². The van der Waals surface area contributed by atoms with Gasteiger partial charge in [0.1, 0.15) is 0 Å². The van der Waals surface area contributed by atoms with Gasteiger partial charge in [-0.3, -0.25) is 0 Å². The van der Waals surface area contributed by atoms with E-state index < -0.39 is 5.97 Å². The Morgan fingerprint density at radius 2 is 1.85 bits per heavy atom. The first-order chi connectivity index (χ1) is 9.58. The summed E-state index contributed by atoms with van der Waals surface area (Å²) in [5.74, 6) is -0.182. The number of carboxylic acid groups (broad SMARTS) is 1. The van der Waals surface area contributed by atoms with Crippen molar-refractivity contribution >= 4 is 22.4 Å². The molecule has 1 aliphatic rings. The standard InChI is InChI=1S/C17H19NO2/c1-11-9-12(2)18(10-11)16-8-7-15(17(19)20)13-5-3-4-6-14(13)16/h3-8,11-12H,9-10H2,1-2H3,(H,19,20). The largest absolute Gasteiger partial charge is 0.478 e. The molecule has 1 saturated heterocycles. The van der Waals surface area contributed by atoms with Gasteiger partial charge in [0.2, 0.25) is 0 Å². The quantitative estimate of drug-likeness (QED) is 0.902. The van der Waals surface area contributed by atoms with Gasteiger partial charge in [0.15, 0.2) is 0 Å². The fourth-order valence-corrected chi connectivity index (χ4v) is 3.36. The Labute approximate surface area is 118 Å². The van der Waals surface area contributed by atoms with Crippen LogP contribution in [0.3, 0.4) is 0 Å². The number of benzene rings is 2. The molecule has 2 unspecified atom stereocenters. The fourth-order valence-electron chi connectivity index (χ4n) is 3.36. The zero-order chi connectivity index (χ0) is 14.3. The number of anilines is 1. The van der Waals surface area contributed by atoms with Crippen LogP contribution in [0.1, 0.15) is 30.6 Å². The molecule has 2 aromatic rings. The highest BCUT2D eigenvalue weighted by Gasteiger charge is 2.27. The minimum atomic E-state index is -0.865. The lowest BCUT2D eigenvalue weighted by Gasteiger charge is -2.26. The molecule has 0 aliphatic carbocycles. The van der Waals surface area contributed by atoms with Gasteiger partial charge in [0.25, 0.3) is 0 Å². The molecule has 104 valence electrons. The highest BCUT2D eigenvalue weighted by atomic mass is 16.4. The Bertz CT molecular complexity index is 665. The summed E-state index contributed by atoms with van der Waals surface area (Å²) in [4.78, 5) is 13.8. The lowest BCUT2D eigenvalue weighted by Crippen LogP contribution is -2.26. The molecule has 2 atom stereocenters. The molecule has 2 aromatic carbocycles. The summed E-state index contributed by atoms with van der Waals surface area (Å²) in [6, 6.07) is 12.0. The molecule has 0 radical (unpaired) electrons. The maximum absolute atomic E-state index is 11.4.